The summed E-state index contributed by atoms with van der Waals surface area (Å²) in [5, 5.41) is 0. The molecular formula is C19H21NO2. The molecule has 0 amide bonds. The number of hydrogen-bond donors (Lipinski definition) is 1. The van der Waals surface area contributed by atoms with Gasteiger partial charge in [-0.05, 0) is 30.4 Å². The topological polar surface area (TPSA) is 52.3 Å². The zero-order valence-corrected chi connectivity index (χ0v) is 12.6. The Hall–Kier alpha value is -2.13. The molecular weight excluding hydrogens is 274 g/mol. The molecule has 1 atom stereocenters. The first-order valence-corrected chi connectivity index (χ1v) is 7.72. The van der Waals surface area contributed by atoms with Crippen LogP contribution in [0.25, 0.3) is 0 Å². The molecule has 3 nitrogen and oxygen atoms in total. The van der Waals surface area contributed by atoms with E-state index in [1.807, 2.05) is 36.4 Å². The van der Waals surface area contributed by atoms with Crippen molar-refractivity contribution in [1.29, 1.82) is 0 Å². The van der Waals surface area contributed by atoms with E-state index >= 15 is 0 Å². The number of carbonyl (C=O) groups is 1. The molecule has 1 heterocycles. The van der Waals surface area contributed by atoms with E-state index < -0.39 is 5.54 Å². The molecule has 3 heteroatoms. The van der Waals surface area contributed by atoms with Crippen molar-refractivity contribution in [1.82, 2.24) is 0 Å². The van der Waals surface area contributed by atoms with Gasteiger partial charge in [0.25, 0.3) is 0 Å². The number of hydrogen-bond acceptors (Lipinski definition) is 3. The standard InChI is InChI=1S/C19H21NO2/c20-19(17-11-12-18(21)22-17,13-15-7-3-1-4-8-15)14-16-9-5-2-6-10-16/h1-10,17H,11-14,20H2. The Labute approximate surface area is 131 Å². The van der Waals surface area contributed by atoms with Crippen LogP contribution in [0.4, 0.5) is 0 Å². The molecule has 114 valence electrons. The van der Waals surface area contributed by atoms with Gasteiger partial charge < -0.3 is 10.5 Å². The molecule has 1 unspecified atom stereocenters. The average molecular weight is 295 g/mol. The molecule has 1 aliphatic heterocycles. The van der Waals surface area contributed by atoms with Crippen molar-refractivity contribution in [2.24, 2.45) is 5.73 Å². The van der Waals surface area contributed by atoms with E-state index in [2.05, 4.69) is 24.3 Å². The molecule has 0 bridgehead atoms. The fourth-order valence-electron chi connectivity index (χ4n) is 3.17. The highest BCUT2D eigenvalue weighted by Crippen LogP contribution is 2.29. The molecule has 0 aliphatic carbocycles. The maximum Gasteiger partial charge on any atom is 0.306 e. The Morgan fingerprint density at radius 3 is 1.86 bits per heavy atom. The fourth-order valence-corrected chi connectivity index (χ4v) is 3.17. The van der Waals surface area contributed by atoms with Crippen LogP contribution in [0.15, 0.2) is 60.7 Å². The van der Waals surface area contributed by atoms with Crippen LogP contribution in [0.2, 0.25) is 0 Å². The molecule has 3 rings (SSSR count). The van der Waals surface area contributed by atoms with Crippen molar-refractivity contribution in [3.8, 4) is 0 Å². The Bertz CT molecular complexity index is 583. The Kier molecular flexibility index (Phi) is 4.25. The van der Waals surface area contributed by atoms with Gasteiger partial charge in [-0.15, -0.1) is 0 Å². The second-order valence-corrected chi connectivity index (χ2v) is 6.08. The van der Waals surface area contributed by atoms with Crippen molar-refractivity contribution in [3.05, 3.63) is 71.8 Å². The van der Waals surface area contributed by atoms with Crippen LogP contribution in [-0.4, -0.2) is 17.6 Å². The quantitative estimate of drug-likeness (QED) is 0.863. The molecule has 0 radical (unpaired) electrons. The fraction of sp³-hybridized carbons (Fsp3) is 0.316. The molecule has 0 saturated carbocycles. The molecule has 1 aliphatic rings. The van der Waals surface area contributed by atoms with Crippen molar-refractivity contribution >= 4 is 5.97 Å². The minimum atomic E-state index is -0.575. The van der Waals surface area contributed by atoms with Gasteiger partial charge in [0, 0.05) is 6.42 Å². The molecule has 2 N–H and O–H groups in total. The number of esters is 1. The van der Waals surface area contributed by atoms with Crippen LogP contribution in [0.3, 0.4) is 0 Å². The van der Waals surface area contributed by atoms with Crippen molar-refractivity contribution in [2.75, 3.05) is 0 Å². The van der Waals surface area contributed by atoms with E-state index in [-0.39, 0.29) is 12.1 Å². The third-order valence-electron chi connectivity index (χ3n) is 4.28. The Morgan fingerprint density at radius 1 is 0.955 bits per heavy atom. The van der Waals surface area contributed by atoms with E-state index in [9.17, 15) is 4.79 Å². The van der Waals surface area contributed by atoms with Crippen LogP contribution in [0.5, 0.6) is 0 Å². The van der Waals surface area contributed by atoms with E-state index in [0.717, 1.165) is 0 Å². The molecule has 2 aromatic rings. The molecule has 2 aromatic carbocycles. The number of rotatable bonds is 5. The molecule has 0 aromatic heterocycles. The first-order valence-electron chi connectivity index (χ1n) is 7.72. The third kappa shape index (κ3) is 3.37. The summed E-state index contributed by atoms with van der Waals surface area (Å²) in [5.74, 6) is -0.138. The van der Waals surface area contributed by atoms with Crippen molar-refractivity contribution in [3.63, 3.8) is 0 Å². The molecule has 1 saturated heterocycles. The van der Waals surface area contributed by atoms with Crippen LogP contribution in [-0.2, 0) is 22.4 Å². The first kappa shape index (κ1) is 14.8. The second kappa shape index (κ2) is 6.32. The van der Waals surface area contributed by atoms with Gasteiger partial charge in [-0.25, -0.2) is 0 Å². The zero-order valence-electron chi connectivity index (χ0n) is 12.6. The van der Waals surface area contributed by atoms with E-state index in [4.69, 9.17) is 10.5 Å². The van der Waals surface area contributed by atoms with Gasteiger partial charge in [-0.3, -0.25) is 4.79 Å². The lowest BCUT2D eigenvalue weighted by Gasteiger charge is -2.34. The lowest BCUT2D eigenvalue weighted by Crippen LogP contribution is -2.54. The monoisotopic (exact) mass is 295 g/mol. The van der Waals surface area contributed by atoms with Crippen molar-refractivity contribution in [2.45, 2.75) is 37.3 Å². The van der Waals surface area contributed by atoms with Gasteiger partial charge in [-0.1, -0.05) is 60.7 Å². The minimum absolute atomic E-state index is 0.138. The maximum absolute atomic E-state index is 11.5. The normalized spacial score (nSPS) is 18.2. The number of cyclic esters (lactones) is 1. The summed E-state index contributed by atoms with van der Waals surface area (Å²) in [4.78, 5) is 11.5. The predicted molar refractivity (Wildman–Crippen MR) is 86.3 cm³/mol. The number of carbonyl (C=O) groups excluding carboxylic acids is 1. The van der Waals surface area contributed by atoms with Gasteiger partial charge in [-0.2, -0.15) is 0 Å². The van der Waals surface area contributed by atoms with Crippen LogP contribution < -0.4 is 5.73 Å². The predicted octanol–water partition coefficient (Wildman–Crippen LogP) is 2.87. The zero-order chi connectivity index (χ0) is 15.4. The average Bonchev–Trinajstić information content (AvgIpc) is 2.96. The lowest BCUT2D eigenvalue weighted by atomic mass is 9.80. The number of nitrogens with two attached hydrogens (primary N) is 1. The van der Waals surface area contributed by atoms with Gasteiger partial charge >= 0.3 is 5.97 Å². The summed E-state index contributed by atoms with van der Waals surface area (Å²) in [6.45, 7) is 0. The third-order valence-corrected chi connectivity index (χ3v) is 4.28. The largest absolute Gasteiger partial charge is 0.460 e. The summed E-state index contributed by atoms with van der Waals surface area (Å²) in [7, 11) is 0. The first-order chi connectivity index (χ1) is 10.7. The summed E-state index contributed by atoms with van der Waals surface area (Å²) in [6.07, 6.45) is 2.34. The Balaban J connectivity index is 1.86. The van der Waals surface area contributed by atoms with E-state index in [1.165, 1.54) is 11.1 Å². The lowest BCUT2D eigenvalue weighted by molar-refractivity contribution is -0.143. The number of ether oxygens (including phenoxy) is 1. The molecule has 1 fully saturated rings. The van der Waals surface area contributed by atoms with Crippen molar-refractivity contribution < 1.29 is 9.53 Å². The van der Waals surface area contributed by atoms with E-state index in [1.54, 1.807) is 0 Å². The summed E-state index contributed by atoms with van der Waals surface area (Å²) < 4.78 is 5.51. The summed E-state index contributed by atoms with van der Waals surface area (Å²) >= 11 is 0. The SMILES string of the molecule is NC(Cc1ccccc1)(Cc1ccccc1)C1CCC(=O)O1. The highest BCUT2D eigenvalue weighted by Gasteiger charge is 2.41. The molecule has 0 spiro atoms. The van der Waals surface area contributed by atoms with E-state index in [0.29, 0.717) is 25.7 Å². The highest BCUT2D eigenvalue weighted by atomic mass is 16.6. The van der Waals surface area contributed by atoms with Crippen LogP contribution in [0, 0.1) is 0 Å². The Morgan fingerprint density at radius 2 is 1.45 bits per heavy atom. The number of benzene rings is 2. The van der Waals surface area contributed by atoms with Crippen LogP contribution >= 0.6 is 0 Å². The van der Waals surface area contributed by atoms with Gasteiger partial charge in [0.05, 0.1) is 5.54 Å². The van der Waals surface area contributed by atoms with Gasteiger partial charge in [0.2, 0.25) is 0 Å². The highest BCUT2D eigenvalue weighted by molar-refractivity contribution is 5.71. The van der Waals surface area contributed by atoms with Gasteiger partial charge in [0.15, 0.2) is 0 Å². The second-order valence-electron chi connectivity index (χ2n) is 6.08. The minimum Gasteiger partial charge on any atom is -0.460 e. The smallest absolute Gasteiger partial charge is 0.306 e. The van der Waals surface area contributed by atoms with Gasteiger partial charge in [0.1, 0.15) is 6.10 Å². The summed E-state index contributed by atoms with van der Waals surface area (Å²) in [5.41, 5.74) is 8.52. The molecule has 22 heavy (non-hydrogen) atoms. The summed E-state index contributed by atoms with van der Waals surface area (Å²) in [6, 6.07) is 20.3. The van der Waals surface area contributed by atoms with Crippen LogP contribution in [0.1, 0.15) is 24.0 Å². The maximum atomic E-state index is 11.5.